The molecule has 1 aliphatic heterocycles. The topological polar surface area (TPSA) is 102 Å². The number of carbonyl (C=O) groups is 4. The SMILES string of the molecule is CCOC(=O)COc1c(Cl)cc(/C=C2\SC(=O)N(CC(=O)Nc3c(C)cc(C)cc3C)C2=O)cc1Cl. The third kappa shape index (κ3) is 6.60. The van der Waals surface area contributed by atoms with Crippen molar-refractivity contribution in [2.45, 2.75) is 27.7 Å². The van der Waals surface area contributed by atoms with Crippen LogP contribution >= 0.6 is 35.0 Å². The highest BCUT2D eigenvalue weighted by molar-refractivity contribution is 8.18. The van der Waals surface area contributed by atoms with Crippen LogP contribution in [0.15, 0.2) is 29.2 Å². The number of thioether (sulfide) groups is 1. The average Bonchev–Trinajstić information content (AvgIpc) is 3.03. The Morgan fingerprint density at radius 2 is 1.67 bits per heavy atom. The van der Waals surface area contributed by atoms with Gasteiger partial charge in [-0.3, -0.25) is 19.3 Å². The van der Waals surface area contributed by atoms with E-state index in [-0.39, 0.29) is 33.9 Å². The van der Waals surface area contributed by atoms with E-state index in [9.17, 15) is 19.2 Å². The predicted molar refractivity (Wildman–Crippen MR) is 141 cm³/mol. The van der Waals surface area contributed by atoms with Crippen LogP contribution in [0, 0.1) is 20.8 Å². The highest BCUT2D eigenvalue weighted by Crippen LogP contribution is 2.37. The Balaban J connectivity index is 1.71. The minimum absolute atomic E-state index is 0.0926. The second-order valence-electron chi connectivity index (χ2n) is 8.00. The lowest BCUT2D eigenvalue weighted by atomic mass is 10.1. The molecule has 2 aromatic rings. The quantitative estimate of drug-likeness (QED) is 0.340. The van der Waals surface area contributed by atoms with E-state index in [0.29, 0.717) is 23.0 Å². The molecular weight excluding hydrogens is 527 g/mol. The van der Waals surface area contributed by atoms with Crippen molar-refractivity contribution >= 4 is 69.8 Å². The molecule has 0 saturated carbocycles. The van der Waals surface area contributed by atoms with Crippen LogP contribution in [0.2, 0.25) is 10.0 Å². The molecular formula is C25H24Cl2N2O6S. The number of imide groups is 1. The molecule has 2 aromatic carbocycles. The highest BCUT2D eigenvalue weighted by Gasteiger charge is 2.36. The number of hydrogen-bond donors (Lipinski definition) is 1. The lowest BCUT2D eigenvalue weighted by Gasteiger charge is -2.16. The van der Waals surface area contributed by atoms with Gasteiger partial charge in [-0.2, -0.15) is 0 Å². The van der Waals surface area contributed by atoms with Gasteiger partial charge < -0.3 is 14.8 Å². The van der Waals surface area contributed by atoms with E-state index >= 15 is 0 Å². The summed E-state index contributed by atoms with van der Waals surface area (Å²) in [5.74, 6) is -1.57. The van der Waals surface area contributed by atoms with E-state index < -0.39 is 29.6 Å². The Bertz CT molecular complexity index is 1230. The molecule has 0 unspecified atom stereocenters. The zero-order valence-corrected chi connectivity index (χ0v) is 22.4. The van der Waals surface area contributed by atoms with Crippen LogP contribution in [0.3, 0.4) is 0 Å². The minimum atomic E-state index is -0.604. The van der Waals surface area contributed by atoms with Crippen LogP contribution in [-0.4, -0.2) is 47.7 Å². The maximum atomic E-state index is 12.9. The summed E-state index contributed by atoms with van der Waals surface area (Å²) >= 11 is 13.2. The van der Waals surface area contributed by atoms with E-state index in [1.807, 2.05) is 32.9 Å². The molecule has 11 heteroatoms. The molecule has 190 valence electrons. The Labute approximate surface area is 222 Å². The number of carbonyl (C=O) groups excluding carboxylic acids is 4. The molecule has 36 heavy (non-hydrogen) atoms. The standard InChI is InChI=1S/C25H24Cl2N2O6S/c1-5-34-21(31)12-35-23-17(26)8-16(9-18(23)27)10-19-24(32)29(25(33)36-19)11-20(30)28-22-14(3)6-13(2)7-15(22)4/h6-10H,5,11-12H2,1-4H3,(H,28,30)/b19-10-. The molecule has 1 saturated heterocycles. The van der Waals surface area contributed by atoms with Crippen molar-refractivity contribution in [2.24, 2.45) is 0 Å². The molecule has 1 fully saturated rings. The molecule has 0 radical (unpaired) electrons. The van der Waals surface area contributed by atoms with Crippen molar-refractivity contribution in [3.8, 4) is 5.75 Å². The van der Waals surface area contributed by atoms with Gasteiger partial charge in [0.2, 0.25) is 5.91 Å². The number of benzene rings is 2. The molecule has 0 atom stereocenters. The number of rotatable bonds is 8. The minimum Gasteiger partial charge on any atom is -0.479 e. The Hall–Kier alpha value is -3.01. The van der Waals surface area contributed by atoms with Gasteiger partial charge in [0.1, 0.15) is 6.54 Å². The van der Waals surface area contributed by atoms with E-state index in [1.165, 1.54) is 18.2 Å². The number of esters is 1. The third-order valence-electron chi connectivity index (χ3n) is 5.07. The van der Waals surface area contributed by atoms with Gasteiger partial charge in [0.15, 0.2) is 12.4 Å². The summed E-state index contributed by atoms with van der Waals surface area (Å²) in [6.45, 7) is 6.82. The Kier molecular flexibility index (Phi) is 9.05. The van der Waals surface area contributed by atoms with Crippen molar-refractivity contribution in [2.75, 3.05) is 25.1 Å². The van der Waals surface area contributed by atoms with E-state index in [4.69, 9.17) is 32.7 Å². The Morgan fingerprint density at radius 1 is 1.06 bits per heavy atom. The predicted octanol–water partition coefficient (Wildman–Crippen LogP) is 5.54. The number of halogens is 2. The molecule has 3 amide bonds. The van der Waals surface area contributed by atoms with Gasteiger partial charge in [-0.25, -0.2) is 4.79 Å². The average molecular weight is 551 g/mol. The number of hydrogen-bond acceptors (Lipinski definition) is 7. The summed E-state index contributed by atoms with van der Waals surface area (Å²) in [7, 11) is 0. The van der Waals surface area contributed by atoms with E-state index in [2.05, 4.69) is 5.32 Å². The van der Waals surface area contributed by atoms with Crippen LogP contribution < -0.4 is 10.1 Å². The smallest absolute Gasteiger partial charge is 0.344 e. The van der Waals surface area contributed by atoms with Crippen molar-refractivity contribution in [3.05, 3.63) is 61.5 Å². The van der Waals surface area contributed by atoms with Gasteiger partial charge in [-0.15, -0.1) is 0 Å². The number of amides is 3. The van der Waals surface area contributed by atoms with Crippen LogP contribution in [0.25, 0.3) is 6.08 Å². The first kappa shape index (κ1) is 27.6. The molecule has 0 spiro atoms. The lowest BCUT2D eigenvalue weighted by molar-refractivity contribution is -0.145. The molecule has 0 bridgehead atoms. The van der Waals surface area contributed by atoms with Gasteiger partial charge in [0.25, 0.3) is 11.1 Å². The van der Waals surface area contributed by atoms with Crippen molar-refractivity contribution < 1.29 is 28.7 Å². The van der Waals surface area contributed by atoms with Crippen LogP contribution in [0.1, 0.15) is 29.2 Å². The zero-order valence-electron chi connectivity index (χ0n) is 20.1. The molecule has 8 nitrogen and oxygen atoms in total. The molecule has 1 N–H and O–H groups in total. The normalized spacial score (nSPS) is 14.4. The van der Waals surface area contributed by atoms with Gasteiger partial charge in [0, 0.05) is 5.69 Å². The molecule has 0 aliphatic carbocycles. The maximum absolute atomic E-state index is 12.9. The summed E-state index contributed by atoms with van der Waals surface area (Å²) < 4.78 is 10.1. The summed E-state index contributed by atoms with van der Waals surface area (Å²) in [5.41, 5.74) is 3.94. The number of aryl methyl sites for hydroxylation is 3. The second kappa shape index (κ2) is 11.8. The van der Waals surface area contributed by atoms with Gasteiger partial charge >= 0.3 is 5.97 Å². The first-order valence-electron chi connectivity index (χ1n) is 10.9. The van der Waals surface area contributed by atoms with E-state index in [0.717, 1.165) is 21.6 Å². The number of ether oxygens (including phenoxy) is 2. The van der Waals surface area contributed by atoms with Crippen LogP contribution in [0.4, 0.5) is 10.5 Å². The van der Waals surface area contributed by atoms with Crippen molar-refractivity contribution in [3.63, 3.8) is 0 Å². The van der Waals surface area contributed by atoms with Gasteiger partial charge in [-0.1, -0.05) is 40.9 Å². The summed E-state index contributed by atoms with van der Waals surface area (Å²) in [6, 6.07) is 6.85. The summed E-state index contributed by atoms with van der Waals surface area (Å²) in [4.78, 5) is 50.5. The van der Waals surface area contributed by atoms with Crippen LogP contribution in [0.5, 0.6) is 5.75 Å². The third-order valence-corrected chi connectivity index (χ3v) is 6.54. The van der Waals surface area contributed by atoms with Gasteiger partial charge in [0.05, 0.1) is 21.6 Å². The fourth-order valence-electron chi connectivity index (χ4n) is 3.62. The molecule has 0 aromatic heterocycles. The summed E-state index contributed by atoms with van der Waals surface area (Å²) in [5, 5.41) is 2.45. The second-order valence-corrected chi connectivity index (χ2v) is 9.80. The number of nitrogens with zero attached hydrogens (tertiary/aromatic N) is 1. The first-order chi connectivity index (χ1) is 17.0. The van der Waals surface area contributed by atoms with E-state index in [1.54, 1.807) is 6.92 Å². The Morgan fingerprint density at radius 3 is 2.25 bits per heavy atom. The lowest BCUT2D eigenvalue weighted by Crippen LogP contribution is -2.36. The number of anilines is 1. The maximum Gasteiger partial charge on any atom is 0.344 e. The fourth-order valence-corrected chi connectivity index (χ4v) is 5.07. The fraction of sp³-hybridized carbons (Fsp3) is 0.280. The molecule has 1 aliphatic rings. The van der Waals surface area contributed by atoms with Crippen molar-refractivity contribution in [1.29, 1.82) is 0 Å². The van der Waals surface area contributed by atoms with Crippen molar-refractivity contribution in [1.82, 2.24) is 4.90 Å². The number of nitrogens with one attached hydrogen (secondary N) is 1. The monoisotopic (exact) mass is 550 g/mol. The van der Waals surface area contributed by atoms with Gasteiger partial charge in [-0.05, 0) is 74.4 Å². The molecule has 1 heterocycles. The molecule has 3 rings (SSSR count). The summed E-state index contributed by atoms with van der Waals surface area (Å²) in [6.07, 6.45) is 1.45. The largest absolute Gasteiger partial charge is 0.479 e. The van der Waals surface area contributed by atoms with Crippen LogP contribution in [-0.2, 0) is 19.1 Å². The highest BCUT2D eigenvalue weighted by atomic mass is 35.5. The first-order valence-corrected chi connectivity index (χ1v) is 12.5. The zero-order chi connectivity index (χ0) is 26.6.